The average Bonchev–Trinajstić information content (AvgIpc) is 3.04. The standard InChI is InChI=1S/C21H21N5O3/c1-14-11-18(24-26(14)12-15-7-3-2-4-8-15)23-19(27)13-25-20(28)16-9-5-6-10-17(16)22-21(25)29/h2-10,14H,11-13H2,1H3,(H,22,29)(H,23,24,27)/t14-/m1/s1. The van der Waals surface area contributed by atoms with E-state index in [0.717, 1.165) is 10.1 Å². The molecule has 2 N–H and O–H groups in total. The molecule has 4 rings (SSSR count). The van der Waals surface area contributed by atoms with Gasteiger partial charge in [0.1, 0.15) is 12.4 Å². The highest BCUT2D eigenvalue weighted by molar-refractivity contribution is 5.98. The van der Waals surface area contributed by atoms with Crippen molar-refractivity contribution in [3.63, 3.8) is 0 Å². The maximum absolute atomic E-state index is 12.6. The van der Waals surface area contributed by atoms with Crippen molar-refractivity contribution in [1.82, 2.24) is 19.9 Å². The lowest BCUT2D eigenvalue weighted by molar-refractivity contribution is -0.120. The first-order chi connectivity index (χ1) is 14.0. The van der Waals surface area contributed by atoms with Crippen LogP contribution in [0.25, 0.3) is 10.9 Å². The van der Waals surface area contributed by atoms with Crippen LogP contribution in [0.2, 0.25) is 0 Å². The van der Waals surface area contributed by atoms with Gasteiger partial charge in [0.2, 0.25) is 5.91 Å². The number of para-hydroxylation sites is 1. The molecule has 1 atom stereocenters. The maximum Gasteiger partial charge on any atom is 0.329 e. The first kappa shape index (κ1) is 18.7. The number of amides is 1. The van der Waals surface area contributed by atoms with Gasteiger partial charge in [0.05, 0.1) is 23.5 Å². The molecule has 0 bridgehead atoms. The Bertz CT molecular complexity index is 1200. The Kier molecular flexibility index (Phi) is 4.99. The Morgan fingerprint density at radius 1 is 1.14 bits per heavy atom. The molecule has 1 aromatic heterocycles. The lowest BCUT2D eigenvalue weighted by Gasteiger charge is -2.19. The molecular formula is C21H21N5O3. The summed E-state index contributed by atoms with van der Waals surface area (Å²) in [6.45, 7) is 2.31. The Morgan fingerprint density at radius 3 is 2.66 bits per heavy atom. The Hall–Kier alpha value is -3.68. The van der Waals surface area contributed by atoms with Crippen molar-refractivity contribution in [2.75, 3.05) is 0 Å². The van der Waals surface area contributed by atoms with Crippen LogP contribution in [-0.4, -0.2) is 32.3 Å². The maximum atomic E-state index is 12.6. The Morgan fingerprint density at radius 2 is 1.86 bits per heavy atom. The molecule has 0 spiro atoms. The number of hydrogen-bond acceptors (Lipinski definition) is 5. The third kappa shape index (κ3) is 3.96. The van der Waals surface area contributed by atoms with E-state index in [-0.39, 0.29) is 12.6 Å². The predicted octanol–water partition coefficient (Wildman–Crippen LogP) is 1.41. The molecule has 8 heteroatoms. The van der Waals surface area contributed by atoms with Crippen molar-refractivity contribution in [2.45, 2.75) is 32.5 Å². The number of benzene rings is 2. The zero-order chi connectivity index (χ0) is 20.4. The molecule has 0 saturated carbocycles. The number of carbonyl (C=O) groups is 1. The van der Waals surface area contributed by atoms with E-state index in [9.17, 15) is 14.4 Å². The summed E-state index contributed by atoms with van der Waals surface area (Å²) in [6, 6.07) is 16.8. The number of aromatic amines is 1. The third-order valence-corrected chi connectivity index (χ3v) is 4.91. The van der Waals surface area contributed by atoms with E-state index in [1.165, 1.54) is 0 Å². The molecule has 1 aliphatic heterocycles. The molecule has 0 fully saturated rings. The summed E-state index contributed by atoms with van der Waals surface area (Å²) in [4.78, 5) is 39.9. The SMILES string of the molecule is C[C@@H]1CC(NC(=O)Cn2c(=O)[nH]c3ccccc3c2=O)=NN1Cc1ccccc1. The molecular weight excluding hydrogens is 370 g/mol. The van der Waals surface area contributed by atoms with Crippen LogP contribution in [0, 0.1) is 0 Å². The molecule has 29 heavy (non-hydrogen) atoms. The highest BCUT2D eigenvalue weighted by Crippen LogP contribution is 2.17. The summed E-state index contributed by atoms with van der Waals surface area (Å²) in [5, 5.41) is 9.50. The van der Waals surface area contributed by atoms with Crippen LogP contribution < -0.4 is 16.6 Å². The van der Waals surface area contributed by atoms with E-state index in [4.69, 9.17) is 0 Å². The molecule has 8 nitrogen and oxygen atoms in total. The summed E-state index contributed by atoms with van der Waals surface area (Å²) in [6.07, 6.45) is 0.585. The number of aromatic nitrogens is 2. The Balaban J connectivity index is 1.48. The number of carbonyl (C=O) groups excluding carboxylic acids is 1. The van der Waals surface area contributed by atoms with Crippen LogP contribution in [0.5, 0.6) is 0 Å². The van der Waals surface area contributed by atoms with E-state index < -0.39 is 17.2 Å². The second kappa shape index (κ2) is 7.75. The average molecular weight is 391 g/mol. The molecule has 0 radical (unpaired) electrons. The van der Waals surface area contributed by atoms with Gasteiger partial charge in [0.25, 0.3) is 5.56 Å². The monoisotopic (exact) mass is 391 g/mol. The fraction of sp³-hybridized carbons (Fsp3) is 0.238. The normalized spacial score (nSPS) is 16.1. The minimum Gasteiger partial charge on any atom is -0.311 e. The molecule has 148 valence electrons. The molecule has 3 aromatic rings. The van der Waals surface area contributed by atoms with E-state index in [1.54, 1.807) is 24.3 Å². The van der Waals surface area contributed by atoms with Gasteiger partial charge in [-0.1, -0.05) is 42.5 Å². The summed E-state index contributed by atoms with van der Waals surface area (Å²) in [5.74, 6) is 0.0732. The third-order valence-electron chi connectivity index (χ3n) is 4.91. The van der Waals surface area contributed by atoms with Gasteiger partial charge in [-0.25, -0.2) is 4.79 Å². The highest BCUT2D eigenvalue weighted by Gasteiger charge is 2.24. The van der Waals surface area contributed by atoms with Crippen molar-refractivity contribution in [3.05, 3.63) is 81.0 Å². The molecule has 0 aliphatic carbocycles. The van der Waals surface area contributed by atoms with Gasteiger partial charge in [-0.2, -0.15) is 5.10 Å². The van der Waals surface area contributed by atoms with Gasteiger partial charge in [-0.05, 0) is 24.6 Å². The number of fused-ring (bicyclic) bond motifs is 1. The first-order valence-electron chi connectivity index (χ1n) is 9.41. The van der Waals surface area contributed by atoms with Gasteiger partial charge in [-0.3, -0.25) is 19.2 Å². The minimum absolute atomic E-state index is 0.136. The van der Waals surface area contributed by atoms with E-state index >= 15 is 0 Å². The zero-order valence-corrected chi connectivity index (χ0v) is 16.0. The van der Waals surface area contributed by atoms with Crippen molar-refractivity contribution in [2.24, 2.45) is 5.10 Å². The smallest absolute Gasteiger partial charge is 0.311 e. The predicted molar refractivity (Wildman–Crippen MR) is 110 cm³/mol. The fourth-order valence-corrected chi connectivity index (χ4v) is 3.40. The van der Waals surface area contributed by atoms with E-state index in [0.29, 0.717) is 29.7 Å². The van der Waals surface area contributed by atoms with Crippen LogP contribution in [0.3, 0.4) is 0 Å². The second-order valence-corrected chi connectivity index (χ2v) is 7.10. The van der Waals surface area contributed by atoms with Gasteiger partial charge < -0.3 is 10.3 Å². The van der Waals surface area contributed by atoms with Gasteiger partial charge >= 0.3 is 5.69 Å². The summed E-state index contributed by atoms with van der Waals surface area (Å²) >= 11 is 0. The first-order valence-corrected chi connectivity index (χ1v) is 9.41. The van der Waals surface area contributed by atoms with Gasteiger partial charge in [-0.15, -0.1) is 0 Å². The van der Waals surface area contributed by atoms with Crippen molar-refractivity contribution < 1.29 is 4.79 Å². The lowest BCUT2D eigenvalue weighted by Crippen LogP contribution is -2.42. The lowest BCUT2D eigenvalue weighted by atomic mass is 10.2. The van der Waals surface area contributed by atoms with Gasteiger partial charge in [0, 0.05) is 6.42 Å². The fourth-order valence-electron chi connectivity index (χ4n) is 3.40. The second-order valence-electron chi connectivity index (χ2n) is 7.10. The topological polar surface area (TPSA) is 99.6 Å². The molecule has 0 unspecified atom stereocenters. The van der Waals surface area contributed by atoms with Gasteiger partial charge in [0.15, 0.2) is 0 Å². The van der Waals surface area contributed by atoms with E-state index in [2.05, 4.69) is 15.4 Å². The number of nitrogens with one attached hydrogen (secondary N) is 2. The van der Waals surface area contributed by atoms with Crippen LogP contribution >= 0.6 is 0 Å². The zero-order valence-electron chi connectivity index (χ0n) is 16.0. The summed E-state index contributed by atoms with van der Waals surface area (Å²) < 4.78 is 0.901. The number of hydrazone groups is 1. The molecule has 2 heterocycles. The highest BCUT2D eigenvalue weighted by atomic mass is 16.2. The number of nitrogens with zero attached hydrogens (tertiary/aromatic N) is 3. The number of amidine groups is 1. The van der Waals surface area contributed by atoms with Crippen LogP contribution in [0.1, 0.15) is 18.9 Å². The largest absolute Gasteiger partial charge is 0.329 e. The van der Waals surface area contributed by atoms with Crippen LogP contribution in [0.4, 0.5) is 0 Å². The molecule has 2 aromatic carbocycles. The van der Waals surface area contributed by atoms with E-state index in [1.807, 2.05) is 42.3 Å². The molecule has 1 amide bonds. The summed E-state index contributed by atoms with van der Waals surface area (Å²) in [5.41, 5.74) is 0.470. The Labute approximate surface area is 166 Å². The summed E-state index contributed by atoms with van der Waals surface area (Å²) in [7, 11) is 0. The van der Waals surface area contributed by atoms with Crippen molar-refractivity contribution in [3.8, 4) is 0 Å². The molecule has 0 saturated heterocycles. The quantitative estimate of drug-likeness (QED) is 0.702. The number of H-pyrrole nitrogens is 1. The van der Waals surface area contributed by atoms with Crippen LogP contribution in [0.15, 0.2) is 69.3 Å². The minimum atomic E-state index is -0.615. The van der Waals surface area contributed by atoms with Crippen molar-refractivity contribution >= 4 is 22.6 Å². The van der Waals surface area contributed by atoms with Crippen LogP contribution in [-0.2, 0) is 17.9 Å². The molecule has 1 aliphatic rings. The number of rotatable bonds is 4. The number of hydrogen-bond donors (Lipinski definition) is 2. The van der Waals surface area contributed by atoms with Crippen molar-refractivity contribution in [1.29, 1.82) is 0 Å².